The van der Waals surface area contributed by atoms with Gasteiger partial charge in [0, 0.05) is 27.4 Å². The van der Waals surface area contributed by atoms with Crippen LogP contribution in [0.4, 0.5) is 0 Å². The highest BCUT2D eigenvalue weighted by atomic mass is 16.7. The van der Waals surface area contributed by atoms with Crippen LogP contribution in [0.25, 0.3) is 0 Å². The standard InChI is InChI=1S/C25H50O11.2C14H26O3.2C13H18O2.C11H22O4.2C9H18O3/c1-5-25(2,3)24(26)36-23-22-35-21-20-34-19-18-33-17-16-32-15-14-31-13-12-30-11-10-29-9-8-28-7-6-27-4;2*1-4-14(2,3)13(15)17-11-16-10-12-8-6-5-7-9-12;2*1-4-13(2,3)12(14)15-10-11-8-6-5-7-9-11;1-5-11(2,3)10(12)15-9-8-14-7-6-13-4;2*1-5-9(3,4)8(10)12-7-11-6-2/h5-23H2,1-4H3;2*12H,4-11H2,1-3H3;2*5-9H,4,10H2,1-3H3;5-9H2,1-4H3;2*5-7H2,1-4H3. The van der Waals surface area contributed by atoms with Gasteiger partial charge >= 0.3 is 47.8 Å². The molecule has 0 bridgehead atoms. The molecule has 31 nitrogen and oxygen atoms in total. The molecule has 31 heteroatoms. The highest BCUT2D eigenvalue weighted by Gasteiger charge is 2.33. The van der Waals surface area contributed by atoms with Crippen LogP contribution >= 0.6 is 0 Å². The van der Waals surface area contributed by atoms with Crippen LogP contribution in [0.2, 0.25) is 0 Å². The van der Waals surface area contributed by atoms with Crippen molar-refractivity contribution in [2.24, 2.45) is 55.2 Å². The molecule has 2 fully saturated rings. The van der Waals surface area contributed by atoms with Gasteiger partial charge in [0.1, 0.15) is 26.4 Å². The Morgan fingerprint density at radius 3 is 0.597 bits per heavy atom. The second-order valence-electron chi connectivity index (χ2n) is 38.7. The Morgan fingerprint density at radius 1 is 0.223 bits per heavy atom. The average Bonchev–Trinajstić information content (AvgIpc) is 1.01. The van der Waals surface area contributed by atoms with Gasteiger partial charge in [-0.05, 0) is 225 Å². The summed E-state index contributed by atoms with van der Waals surface area (Å²) in [4.78, 5) is 92.4. The zero-order chi connectivity index (χ0) is 106. The summed E-state index contributed by atoms with van der Waals surface area (Å²) < 4.78 is 120. The molecule has 0 atom stereocenters. The van der Waals surface area contributed by atoms with Crippen LogP contribution in [0, 0.1) is 55.2 Å². The molecule has 814 valence electrons. The Morgan fingerprint density at radius 2 is 0.403 bits per heavy atom. The van der Waals surface area contributed by atoms with Crippen LogP contribution < -0.4 is 0 Å². The third-order valence-corrected chi connectivity index (χ3v) is 24.0. The molecule has 2 aliphatic carbocycles. The van der Waals surface area contributed by atoms with Crippen molar-refractivity contribution in [3.8, 4) is 0 Å². The van der Waals surface area contributed by atoms with E-state index in [1.165, 1.54) is 64.2 Å². The van der Waals surface area contributed by atoms with Crippen LogP contribution in [0.5, 0.6) is 0 Å². The van der Waals surface area contributed by atoms with E-state index in [0.717, 1.165) is 75.7 Å². The Balaban J connectivity index is -0.000000774. The van der Waals surface area contributed by atoms with Gasteiger partial charge in [-0.2, -0.15) is 0 Å². The first-order chi connectivity index (χ1) is 65.9. The van der Waals surface area contributed by atoms with Gasteiger partial charge in [-0.15, -0.1) is 0 Å². The Labute approximate surface area is 839 Å². The van der Waals surface area contributed by atoms with Crippen molar-refractivity contribution < 1.29 is 147 Å². The number of hydrogen-bond donors (Lipinski definition) is 0. The number of rotatable bonds is 67. The van der Waals surface area contributed by atoms with Gasteiger partial charge in [-0.3, -0.25) is 38.4 Å². The zero-order valence-corrected chi connectivity index (χ0v) is 91.9. The molecule has 0 heterocycles. The number of benzene rings is 2. The third-order valence-electron chi connectivity index (χ3n) is 24.0. The average molecular weight is 1990 g/mol. The first-order valence-electron chi connectivity index (χ1n) is 50.9. The van der Waals surface area contributed by atoms with E-state index in [1.54, 1.807) is 14.2 Å². The number of methoxy groups -OCH3 is 2. The molecule has 2 aromatic rings. The van der Waals surface area contributed by atoms with Crippen molar-refractivity contribution in [3.05, 3.63) is 71.8 Å². The first-order valence-corrected chi connectivity index (χ1v) is 50.9. The van der Waals surface area contributed by atoms with E-state index in [2.05, 4.69) is 0 Å². The maximum Gasteiger partial charge on any atom is 0.313 e. The molecule has 2 aliphatic rings. The van der Waals surface area contributed by atoms with Gasteiger partial charge in [-0.25, -0.2) is 0 Å². The number of carbonyl (C=O) groups is 8. The second-order valence-corrected chi connectivity index (χ2v) is 38.7. The van der Waals surface area contributed by atoms with Gasteiger partial charge in [0.2, 0.25) is 0 Å². The maximum atomic E-state index is 11.8. The maximum absolute atomic E-state index is 11.8. The molecule has 0 radical (unpaired) electrons. The molecular weight excluding hydrogens is 1790 g/mol. The number of esters is 8. The number of ether oxygens (including phenoxy) is 23. The van der Waals surface area contributed by atoms with Crippen molar-refractivity contribution in [2.45, 2.75) is 309 Å². The molecule has 2 saturated carbocycles. The van der Waals surface area contributed by atoms with E-state index in [9.17, 15) is 38.4 Å². The van der Waals surface area contributed by atoms with Crippen LogP contribution in [0.15, 0.2) is 60.7 Å². The second kappa shape index (κ2) is 87.0. The topological polar surface area (TPSA) is 349 Å². The fourth-order valence-corrected chi connectivity index (χ4v) is 10.3. The Hall–Kier alpha value is -6.40. The molecule has 139 heavy (non-hydrogen) atoms. The van der Waals surface area contributed by atoms with Gasteiger partial charge in [-0.1, -0.05) is 155 Å². The predicted octanol–water partition coefficient (Wildman–Crippen LogP) is 20.7. The van der Waals surface area contributed by atoms with Crippen LogP contribution in [0.1, 0.15) is 307 Å². The zero-order valence-electron chi connectivity index (χ0n) is 91.9. The number of carbonyl (C=O) groups excluding carboxylic acids is 8. The first kappa shape index (κ1) is 139. The lowest BCUT2D eigenvalue weighted by Gasteiger charge is -2.23. The summed E-state index contributed by atoms with van der Waals surface area (Å²) in [6.45, 7) is 64.1. The van der Waals surface area contributed by atoms with Gasteiger partial charge in [0.25, 0.3) is 0 Å². The minimum atomic E-state index is -0.450. The summed E-state index contributed by atoms with van der Waals surface area (Å²) >= 11 is 0. The van der Waals surface area contributed by atoms with E-state index < -0.39 is 32.5 Å². The Bertz CT molecular complexity index is 3110. The summed E-state index contributed by atoms with van der Waals surface area (Å²) in [6.07, 6.45) is 19.2. The SMILES string of the molecule is CCC(C)(C)C(=O)OCCOCCOC.CCC(C)(C)C(=O)OCCOCCOCCOCCOCCOCCOCCOCCOCCOC.CCC(C)(C)C(=O)OCOCC1CCCCC1.CCC(C)(C)C(=O)OCOCC1CCCCC1.CCC(C)(C)C(=O)OCc1ccccc1.CCC(C)(C)C(=O)OCc1ccccc1.CCOCOC(=O)C(C)(C)CC.CCOCOC(=O)C(C)(C)CC. The molecule has 0 N–H and O–H groups in total. The van der Waals surface area contributed by atoms with E-state index in [-0.39, 0.29) is 92.4 Å². The minimum Gasteiger partial charge on any atom is -0.463 e. The molecule has 0 amide bonds. The fourth-order valence-electron chi connectivity index (χ4n) is 10.3. The number of hydrogen-bond acceptors (Lipinski definition) is 31. The molecule has 2 aromatic carbocycles. The molecule has 0 unspecified atom stereocenters. The van der Waals surface area contributed by atoms with Crippen molar-refractivity contribution in [1.82, 2.24) is 0 Å². The summed E-state index contributed by atoms with van der Waals surface area (Å²) in [6, 6.07) is 19.4. The normalized spacial score (nSPS) is 13.1. The molecule has 0 aromatic heterocycles. The Kier molecular flexibility index (Phi) is 86.9. The van der Waals surface area contributed by atoms with Crippen LogP contribution in [-0.4, -0.2) is 261 Å². The largest absolute Gasteiger partial charge is 0.463 e. The molecule has 0 spiro atoms. The quantitative estimate of drug-likeness (QED) is 0.0257. The minimum absolute atomic E-state index is 0.0682. The van der Waals surface area contributed by atoms with E-state index in [1.807, 2.05) is 241 Å². The molecule has 4 rings (SSSR count). The summed E-state index contributed by atoms with van der Waals surface area (Å²) in [5.41, 5.74) is -1.13. The fraction of sp³-hybridized carbons (Fsp3) is 0.815. The lowest BCUT2D eigenvalue weighted by Crippen LogP contribution is -2.27. The summed E-state index contributed by atoms with van der Waals surface area (Å²) in [7, 11) is 3.26. The lowest BCUT2D eigenvalue weighted by atomic mass is 9.90. The van der Waals surface area contributed by atoms with E-state index >= 15 is 0 Å². The van der Waals surface area contributed by atoms with Gasteiger partial charge in [0.05, 0.1) is 189 Å². The van der Waals surface area contributed by atoms with Gasteiger partial charge < -0.3 is 109 Å². The van der Waals surface area contributed by atoms with Crippen LogP contribution in [0.3, 0.4) is 0 Å². The molecule has 0 saturated heterocycles. The van der Waals surface area contributed by atoms with Gasteiger partial charge in [0.15, 0.2) is 27.2 Å². The van der Waals surface area contributed by atoms with E-state index in [4.69, 9.17) is 109 Å². The summed E-state index contributed by atoms with van der Waals surface area (Å²) in [5.74, 6) is -0.00615. The van der Waals surface area contributed by atoms with Crippen molar-refractivity contribution in [1.29, 1.82) is 0 Å². The van der Waals surface area contributed by atoms with Crippen LogP contribution in [-0.2, 0) is 161 Å². The van der Waals surface area contributed by atoms with E-state index in [0.29, 0.717) is 177 Å². The molecule has 0 aliphatic heterocycles. The van der Waals surface area contributed by atoms with Crippen molar-refractivity contribution >= 4 is 47.8 Å². The van der Waals surface area contributed by atoms with Crippen molar-refractivity contribution in [2.75, 3.05) is 213 Å². The highest BCUT2D eigenvalue weighted by Crippen LogP contribution is 2.30. The predicted molar refractivity (Wildman–Crippen MR) is 540 cm³/mol. The third kappa shape index (κ3) is 77.8. The monoisotopic (exact) mass is 1990 g/mol. The highest BCUT2D eigenvalue weighted by molar-refractivity contribution is 5.78. The van der Waals surface area contributed by atoms with Crippen molar-refractivity contribution in [3.63, 3.8) is 0 Å². The smallest absolute Gasteiger partial charge is 0.313 e. The molecular formula is C108H196O31. The summed E-state index contributed by atoms with van der Waals surface area (Å²) in [5, 5.41) is 0. The lowest BCUT2D eigenvalue weighted by molar-refractivity contribution is -0.168.